The van der Waals surface area contributed by atoms with Crippen LogP contribution in [0.15, 0.2) is 0 Å². The first kappa shape index (κ1) is 15.9. The monoisotopic (exact) mass is 300 g/mol. The molecule has 0 aromatic rings. The van der Waals surface area contributed by atoms with Crippen molar-refractivity contribution in [2.75, 3.05) is 39.3 Å². The minimum atomic E-state index is -1.39. The molecule has 21 heavy (non-hydrogen) atoms. The van der Waals surface area contributed by atoms with Crippen LogP contribution >= 0.6 is 0 Å². The highest BCUT2D eigenvalue weighted by molar-refractivity contribution is 5.76. The van der Waals surface area contributed by atoms with Gasteiger partial charge >= 0.3 is 12.1 Å². The number of amides is 4. The van der Waals surface area contributed by atoms with Crippen LogP contribution in [0.3, 0.4) is 0 Å². The predicted octanol–water partition coefficient (Wildman–Crippen LogP) is 1.18. The van der Waals surface area contributed by atoms with Crippen LogP contribution in [0.25, 0.3) is 0 Å². The van der Waals surface area contributed by atoms with Gasteiger partial charge < -0.3 is 20.4 Å². The number of rotatable bonds is 4. The average Bonchev–Trinajstić information content (AvgIpc) is 2.82. The Morgan fingerprint density at radius 3 is 2.57 bits per heavy atom. The van der Waals surface area contributed by atoms with Crippen LogP contribution in [-0.4, -0.2) is 66.8 Å². The Kier molecular flexibility index (Phi) is 4.90. The zero-order chi connectivity index (χ0) is 15.5. The van der Waals surface area contributed by atoms with Gasteiger partial charge in [0.05, 0.1) is 6.54 Å². The Morgan fingerprint density at radius 2 is 2.05 bits per heavy atom. The van der Waals surface area contributed by atoms with Gasteiger partial charge in [0.15, 0.2) is 0 Å². The van der Waals surface area contributed by atoms with Crippen molar-refractivity contribution in [1.82, 2.24) is 20.4 Å². The van der Waals surface area contributed by atoms with Gasteiger partial charge in [-0.25, -0.2) is 14.0 Å². The summed E-state index contributed by atoms with van der Waals surface area (Å²) in [6.45, 7) is 6.50. The molecule has 0 atom stereocenters. The molecular formula is C14H25FN4O2. The van der Waals surface area contributed by atoms with E-state index in [0.29, 0.717) is 19.0 Å². The molecule has 0 unspecified atom stereocenters. The zero-order valence-corrected chi connectivity index (χ0v) is 12.8. The summed E-state index contributed by atoms with van der Waals surface area (Å²) in [6, 6.07) is -0.182. The van der Waals surface area contributed by atoms with Gasteiger partial charge in [-0.1, -0.05) is 0 Å². The molecule has 2 fully saturated rings. The first-order valence-electron chi connectivity index (χ1n) is 7.59. The molecule has 0 spiro atoms. The largest absolute Gasteiger partial charge is 0.336 e. The molecule has 6 nitrogen and oxygen atoms in total. The van der Waals surface area contributed by atoms with Gasteiger partial charge in [0, 0.05) is 32.7 Å². The number of urea groups is 2. The Labute approximate surface area is 125 Å². The van der Waals surface area contributed by atoms with Crippen molar-refractivity contribution in [2.24, 2.45) is 5.92 Å². The van der Waals surface area contributed by atoms with Crippen LogP contribution in [-0.2, 0) is 0 Å². The van der Waals surface area contributed by atoms with Crippen molar-refractivity contribution in [3.8, 4) is 0 Å². The number of hydrogen-bond donors (Lipinski definition) is 2. The lowest BCUT2D eigenvalue weighted by Gasteiger charge is -2.34. The Hall–Kier alpha value is -1.53. The van der Waals surface area contributed by atoms with E-state index in [1.54, 1.807) is 4.90 Å². The molecule has 0 aliphatic carbocycles. The molecule has 2 heterocycles. The highest BCUT2D eigenvalue weighted by Gasteiger charge is 2.28. The van der Waals surface area contributed by atoms with Gasteiger partial charge in [-0.2, -0.15) is 0 Å². The number of alkyl halides is 1. The summed E-state index contributed by atoms with van der Waals surface area (Å²) in [5.74, 6) is 0.440. The van der Waals surface area contributed by atoms with E-state index in [2.05, 4.69) is 10.6 Å². The van der Waals surface area contributed by atoms with Crippen LogP contribution in [0.2, 0.25) is 0 Å². The van der Waals surface area contributed by atoms with Crippen molar-refractivity contribution in [3.63, 3.8) is 0 Å². The van der Waals surface area contributed by atoms with Crippen molar-refractivity contribution < 1.29 is 14.0 Å². The number of nitrogens with zero attached hydrogens (tertiary/aromatic N) is 2. The van der Waals surface area contributed by atoms with E-state index >= 15 is 0 Å². The van der Waals surface area contributed by atoms with Crippen molar-refractivity contribution in [2.45, 2.75) is 32.4 Å². The standard InChI is InChI=1S/C14H25FN4O2/c1-14(2,15)10-17-13(21)18-6-3-11(4-7-18)9-19-8-5-16-12(19)20/h11H,3-10H2,1-2H3,(H,16,20)(H,17,21). The van der Waals surface area contributed by atoms with Gasteiger partial charge in [-0.3, -0.25) is 0 Å². The lowest BCUT2D eigenvalue weighted by atomic mass is 9.96. The highest BCUT2D eigenvalue weighted by Crippen LogP contribution is 2.19. The Morgan fingerprint density at radius 1 is 1.38 bits per heavy atom. The van der Waals surface area contributed by atoms with E-state index in [-0.39, 0.29) is 18.6 Å². The highest BCUT2D eigenvalue weighted by atomic mass is 19.1. The van der Waals surface area contributed by atoms with Crippen LogP contribution in [0.4, 0.5) is 14.0 Å². The van der Waals surface area contributed by atoms with E-state index in [0.717, 1.165) is 32.5 Å². The second kappa shape index (κ2) is 6.49. The van der Waals surface area contributed by atoms with Crippen molar-refractivity contribution in [3.05, 3.63) is 0 Å². The fraction of sp³-hybridized carbons (Fsp3) is 0.857. The Bertz CT molecular complexity index is 389. The van der Waals surface area contributed by atoms with Crippen LogP contribution in [0, 0.1) is 5.92 Å². The van der Waals surface area contributed by atoms with Gasteiger partial charge in [0.2, 0.25) is 0 Å². The minimum absolute atomic E-state index is 0.0142. The second-order valence-electron chi connectivity index (χ2n) is 6.49. The Balaban J connectivity index is 1.70. The van der Waals surface area contributed by atoms with Gasteiger partial charge in [-0.15, -0.1) is 0 Å². The first-order valence-corrected chi connectivity index (χ1v) is 7.59. The molecule has 2 aliphatic rings. The van der Waals surface area contributed by atoms with Crippen LogP contribution < -0.4 is 10.6 Å². The summed E-state index contributed by atoms with van der Waals surface area (Å²) in [4.78, 5) is 27.0. The molecule has 4 amide bonds. The molecule has 2 rings (SSSR count). The third kappa shape index (κ3) is 4.75. The van der Waals surface area contributed by atoms with E-state index in [1.807, 2.05) is 4.90 Å². The number of carbonyl (C=O) groups excluding carboxylic acids is 2. The molecule has 120 valence electrons. The average molecular weight is 300 g/mol. The molecular weight excluding hydrogens is 275 g/mol. The number of carbonyl (C=O) groups is 2. The molecule has 0 aromatic heterocycles. The molecule has 2 saturated heterocycles. The van der Waals surface area contributed by atoms with E-state index in [9.17, 15) is 14.0 Å². The van der Waals surface area contributed by atoms with E-state index in [4.69, 9.17) is 0 Å². The SMILES string of the molecule is CC(C)(F)CNC(=O)N1CCC(CN2CCNC2=O)CC1. The fourth-order valence-electron chi connectivity index (χ4n) is 2.71. The number of piperidine rings is 1. The second-order valence-corrected chi connectivity index (χ2v) is 6.49. The lowest BCUT2D eigenvalue weighted by Crippen LogP contribution is -2.48. The first-order chi connectivity index (χ1) is 9.85. The quantitative estimate of drug-likeness (QED) is 0.819. The van der Waals surface area contributed by atoms with Crippen LogP contribution in [0.1, 0.15) is 26.7 Å². The summed E-state index contributed by atoms with van der Waals surface area (Å²) in [7, 11) is 0. The number of halogens is 1. The van der Waals surface area contributed by atoms with Gasteiger partial charge in [0.25, 0.3) is 0 Å². The molecule has 7 heteroatoms. The minimum Gasteiger partial charge on any atom is -0.336 e. The maximum absolute atomic E-state index is 13.4. The fourth-order valence-corrected chi connectivity index (χ4v) is 2.71. The number of nitrogens with one attached hydrogen (secondary N) is 2. The van der Waals surface area contributed by atoms with Gasteiger partial charge in [0.1, 0.15) is 5.67 Å². The molecule has 2 N–H and O–H groups in total. The summed E-state index contributed by atoms with van der Waals surface area (Å²) in [5.41, 5.74) is -1.39. The molecule has 0 bridgehead atoms. The summed E-state index contributed by atoms with van der Waals surface area (Å²) >= 11 is 0. The molecule has 2 aliphatic heterocycles. The third-order valence-electron chi connectivity index (χ3n) is 3.99. The topological polar surface area (TPSA) is 64.7 Å². The molecule has 0 aromatic carbocycles. The molecule has 0 radical (unpaired) electrons. The number of hydrogen-bond acceptors (Lipinski definition) is 2. The smallest absolute Gasteiger partial charge is 0.317 e. The molecule has 0 saturated carbocycles. The summed E-state index contributed by atoms with van der Waals surface area (Å²) in [6.07, 6.45) is 1.77. The summed E-state index contributed by atoms with van der Waals surface area (Å²) < 4.78 is 13.4. The maximum atomic E-state index is 13.4. The van der Waals surface area contributed by atoms with Crippen molar-refractivity contribution in [1.29, 1.82) is 0 Å². The zero-order valence-electron chi connectivity index (χ0n) is 12.8. The van der Waals surface area contributed by atoms with Gasteiger partial charge in [-0.05, 0) is 32.6 Å². The van der Waals surface area contributed by atoms with Crippen molar-refractivity contribution >= 4 is 12.1 Å². The number of likely N-dealkylation sites (tertiary alicyclic amines) is 1. The normalized spacial score (nSPS) is 20.6. The summed E-state index contributed by atoms with van der Waals surface area (Å²) in [5, 5.41) is 5.42. The van der Waals surface area contributed by atoms with Crippen LogP contribution in [0.5, 0.6) is 0 Å². The maximum Gasteiger partial charge on any atom is 0.317 e. The van der Waals surface area contributed by atoms with E-state index < -0.39 is 5.67 Å². The lowest BCUT2D eigenvalue weighted by molar-refractivity contribution is 0.147. The van der Waals surface area contributed by atoms with E-state index in [1.165, 1.54) is 13.8 Å². The third-order valence-corrected chi connectivity index (χ3v) is 3.99. The predicted molar refractivity (Wildman–Crippen MR) is 77.9 cm³/mol.